The number of hydrogen-bond donors (Lipinski definition) is 1. The van der Waals surface area contributed by atoms with Crippen molar-refractivity contribution in [3.05, 3.63) is 35.6 Å². The highest BCUT2D eigenvalue weighted by atomic mass is 35.5. The fourth-order valence-electron chi connectivity index (χ4n) is 5.01. The number of hydrogen-bond acceptors (Lipinski definition) is 4. The van der Waals surface area contributed by atoms with Crippen LogP contribution in [-0.2, 0) is 5.75 Å². The molecule has 2 atom stereocenters. The highest BCUT2D eigenvalue weighted by Gasteiger charge is 2.39. The number of likely N-dealkylation sites (tertiary alicyclic amines) is 1. The van der Waals surface area contributed by atoms with E-state index in [-0.39, 0.29) is 18.3 Å². The molecule has 0 spiro atoms. The van der Waals surface area contributed by atoms with Crippen molar-refractivity contribution in [3.63, 3.8) is 0 Å². The lowest BCUT2D eigenvalue weighted by atomic mass is 10.0. The fourth-order valence-corrected chi connectivity index (χ4v) is 6.37. The highest BCUT2D eigenvalue weighted by Crippen LogP contribution is 2.36. The van der Waals surface area contributed by atoms with Crippen LogP contribution in [0.5, 0.6) is 0 Å². The molecule has 3 heterocycles. The van der Waals surface area contributed by atoms with Crippen molar-refractivity contribution in [2.75, 3.05) is 26.2 Å². The number of rotatable bonds is 4. The molecule has 4 nitrogen and oxygen atoms in total. The fraction of sp³-hybridized carbons (Fsp3) is 0.591. The average molecular weight is 421 g/mol. The number of carbonyl (C=O) groups excluding carboxylic acids is 1. The van der Waals surface area contributed by atoms with E-state index in [1.165, 1.54) is 32.1 Å². The minimum atomic E-state index is 0. The summed E-state index contributed by atoms with van der Waals surface area (Å²) in [6, 6.07) is 8.13. The molecule has 6 heteroatoms. The van der Waals surface area contributed by atoms with Gasteiger partial charge in [-0.05, 0) is 30.7 Å². The second-order valence-electron chi connectivity index (χ2n) is 8.37. The molecule has 5 rings (SSSR count). The SMILES string of the molecule is Cl.O=C(c1oc2ccccc2c1CSC1CCCCC1)N1C[C@H]2CNC[C@H]2C1. The molecule has 2 saturated heterocycles. The lowest BCUT2D eigenvalue weighted by molar-refractivity contribution is 0.0751. The van der Waals surface area contributed by atoms with Gasteiger partial charge in [0.2, 0.25) is 0 Å². The molecular formula is C22H29ClN2O2S. The van der Waals surface area contributed by atoms with Crippen LogP contribution in [0.2, 0.25) is 0 Å². The van der Waals surface area contributed by atoms with E-state index in [0.29, 0.717) is 17.6 Å². The van der Waals surface area contributed by atoms with Gasteiger partial charge < -0.3 is 14.6 Å². The summed E-state index contributed by atoms with van der Waals surface area (Å²) in [6.07, 6.45) is 6.69. The average Bonchev–Trinajstić information content (AvgIpc) is 3.39. The highest BCUT2D eigenvalue weighted by molar-refractivity contribution is 7.99. The Bertz CT molecular complexity index is 821. The molecule has 2 aliphatic heterocycles. The second kappa shape index (κ2) is 8.68. The molecule has 0 bridgehead atoms. The monoisotopic (exact) mass is 420 g/mol. The van der Waals surface area contributed by atoms with Crippen LogP contribution < -0.4 is 5.32 Å². The zero-order valence-corrected chi connectivity index (χ0v) is 17.8. The normalized spacial score (nSPS) is 25.1. The zero-order valence-electron chi connectivity index (χ0n) is 16.2. The van der Waals surface area contributed by atoms with E-state index < -0.39 is 0 Å². The Morgan fingerprint density at radius 3 is 2.57 bits per heavy atom. The number of carbonyl (C=O) groups is 1. The van der Waals surface area contributed by atoms with Crippen molar-refractivity contribution in [1.29, 1.82) is 0 Å². The van der Waals surface area contributed by atoms with Crippen LogP contribution in [-0.4, -0.2) is 42.2 Å². The Kier molecular flexibility index (Phi) is 6.24. The molecule has 3 aliphatic rings. The molecule has 0 unspecified atom stereocenters. The Balaban J connectivity index is 0.00000192. The van der Waals surface area contributed by atoms with Gasteiger partial charge in [0.05, 0.1) is 0 Å². The van der Waals surface area contributed by atoms with E-state index in [4.69, 9.17) is 4.42 Å². The van der Waals surface area contributed by atoms with Crippen molar-refractivity contribution < 1.29 is 9.21 Å². The minimum absolute atomic E-state index is 0. The Morgan fingerprint density at radius 2 is 1.82 bits per heavy atom. The van der Waals surface area contributed by atoms with Gasteiger partial charge in [0.25, 0.3) is 5.91 Å². The first kappa shape index (κ1) is 20.1. The van der Waals surface area contributed by atoms with Crippen LogP contribution >= 0.6 is 24.2 Å². The predicted octanol–water partition coefficient (Wildman–Crippen LogP) is 4.71. The predicted molar refractivity (Wildman–Crippen MR) is 117 cm³/mol. The quantitative estimate of drug-likeness (QED) is 0.777. The lowest BCUT2D eigenvalue weighted by Gasteiger charge is -2.21. The molecule has 3 fully saturated rings. The minimum Gasteiger partial charge on any atom is -0.451 e. The lowest BCUT2D eigenvalue weighted by Crippen LogP contribution is -2.32. The van der Waals surface area contributed by atoms with Crippen molar-refractivity contribution in [1.82, 2.24) is 10.2 Å². The summed E-state index contributed by atoms with van der Waals surface area (Å²) in [5, 5.41) is 5.29. The van der Waals surface area contributed by atoms with Gasteiger partial charge >= 0.3 is 0 Å². The summed E-state index contributed by atoms with van der Waals surface area (Å²) in [4.78, 5) is 15.4. The summed E-state index contributed by atoms with van der Waals surface area (Å²) in [5.41, 5.74) is 1.96. The summed E-state index contributed by atoms with van der Waals surface area (Å²) < 4.78 is 6.12. The number of thioether (sulfide) groups is 1. The summed E-state index contributed by atoms with van der Waals surface area (Å²) in [7, 11) is 0. The van der Waals surface area contributed by atoms with Crippen molar-refractivity contribution in [3.8, 4) is 0 Å². The van der Waals surface area contributed by atoms with Crippen LogP contribution in [0.3, 0.4) is 0 Å². The van der Waals surface area contributed by atoms with Crippen molar-refractivity contribution in [2.45, 2.75) is 43.1 Å². The molecule has 1 saturated carbocycles. The number of nitrogens with one attached hydrogen (secondary N) is 1. The molecule has 0 radical (unpaired) electrons. The smallest absolute Gasteiger partial charge is 0.289 e. The van der Waals surface area contributed by atoms with E-state index in [1.54, 1.807) is 0 Å². The number of benzene rings is 1. The maximum Gasteiger partial charge on any atom is 0.289 e. The Hall–Kier alpha value is -1.17. The van der Waals surface area contributed by atoms with Gasteiger partial charge in [0, 0.05) is 48.1 Å². The van der Waals surface area contributed by atoms with Crippen LogP contribution in [0.1, 0.15) is 48.2 Å². The Morgan fingerprint density at radius 1 is 1.11 bits per heavy atom. The second-order valence-corrected chi connectivity index (χ2v) is 9.65. The topological polar surface area (TPSA) is 45.5 Å². The molecule has 1 N–H and O–H groups in total. The van der Waals surface area contributed by atoms with Crippen LogP contribution in [0.4, 0.5) is 0 Å². The van der Waals surface area contributed by atoms with Gasteiger partial charge in [0.15, 0.2) is 5.76 Å². The van der Waals surface area contributed by atoms with E-state index in [0.717, 1.165) is 53.7 Å². The van der Waals surface area contributed by atoms with Gasteiger partial charge in [-0.25, -0.2) is 0 Å². The third kappa shape index (κ3) is 3.81. The summed E-state index contributed by atoms with van der Waals surface area (Å²) in [5.74, 6) is 2.79. The number of fused-ring (bicyclic) bond motifs is 2. The van der Waals surface area contributed by atoms with Crippen LogP contribution in [0.25, 0.3) is 11.0 Å². The molecule has 1 aliphatic carbocycles. The van der Waals surface area contributed by atoms with E-state index in [2.05, 4.69) is 11.4 Å². The first-order chi connectivity index (χ1) is 13.3. The zero-order chi connectivity index (χ0) is 18.2. The maximum absolute atomic E-state index is 13.3. The third-order valence-corrected chi connectivity index (χ3v) is 7.98. The largest absolute Gasteiger partial charge is 0.451 e. The number of furan rings is 1. The van der Waals surface area contributed by atoms with Gasteiger partial charge in [-0.15, -0.1) is 12.4 Å². The summed E-state index contributed by atoms with van der Waals surface area (Å²) in [6.45, 7) is 3.81. The number of para-hydroxylation sites is 1. The molecule has 1 aromatic heterocycles. The molecule has 152 valence electrons. The van der Waals surface area contributed by atoms with Gasteiger partial charge in [-0.3, -0.25) is 4.79 Å². The standard InChI is InChI=1S/C22H28N2O2S.ClH/c25-22(24-12-15-10-23-11-16(15)13-24)21-19(14-27-17-6-2-1-3-7-17)18-8-4-5-9-20(18)26-21;/h4-5,8-9,15-17,23H,1-3,6-7,10-14H2;1H/t15-,16+;. The number of amides is 1. The van der Waals surface area contributed by atoms with Crippen LogP contribution in [0.15, 0.2) is 28.7 Å². The van der Waals surface area contributed by atoms with E-state index in [9.17, 15) is 4.79 Å². The first-order valence-corrected chi connectivity index (χ1v) is 11.5. The van der Waals surface area contributed by atoms with Gasteiger partial charge in [-0.1, -0.05) is 37.5 Å². The first-order valence-electron chi connectivity index (χ1n) is 10.4. The van der Waals surface area contributed by atoms with E-state index in [1.807, 2.05) is 34.9 Å². The maximum atomic E-state index is 13.3. The van der Waals surface area contributed by atoms with Crippen molar-refractivity contribution in [2.24, 2.45) is 11.8 Å². The molecule has 2 aromatic rings. The van der Waals surface area contributed by atoms with Crippen molar-refractivity contribution >= 4 is 41.0 Å². The molecular weight excluding hydrogens is 392 g/mol. The Labute approximate surface area is 177 Å². The van der Waals surface area contributed by atoms with Crippen LogP contribution in [0, 0.1) is 11.8 Å². The third-order valence-electron chi connectivity index (χ3n) is 6.58. The summed E-state index contributed by atoms with van der Waals surface area (Å²) >= 11 is 2.02. The molecule has 28 heavy (non-hydrogen) atoms. The number of halogens is 1. The number of nitrogens with zero attached hydrogens (tertiary/aromatic N) is 1. The molecule has 1 aromatic carbocycles. The van der Waals surface area contributed by atoms with Gasteiger partial charge in [-0.2, -0.15) is 11.8 Å². The van der Waals surface area contributed by atoms with E-state index >= 15 is 0 Å². The molecule has 1 amide bonds. The van der Waals surface area contributed by atoms with Gasteiger partial charge in [0.1, 0.15) is 5.58 Å².